The minimum Gasteiger partial charge on any atom is -0.345 e. The molecule has 0 aliphatic heterocycles. The van der Waals surface area contributed by atoms with Crippen LogP contribution in [0.15, 0.2) is 12.7 Å². The van der Waals surface area contributed by atoms with Gasteiger partial charge in [-0.05, 0) is 12.5 Å². The van der Waals surface area contributed by atoms with Crippen LogP contribution in [-0.4, -0.2) is 18.2 Å². The molecule has 3 heteroatoms. The molecule has 0 aliphatic rings. The van der Waals surface area contributed by atoms with E-state index >= 15 is 0 Å². The van der Waals surface area contributed by atoms with Gasteiger partial charge in [-0.2, -0.15) is 0 Å². The fourth-order valence-electron chi connectivity index (χ4n) is 0.676. The number of amides is 1. The Labute approximate surface area is 79.2 Å². The highest BCUT2D eigenvalue weighted by atomic mass is 16.2. The van der Waals surface area contributed by atoms with Gasteiger partial charge in [0.15, 0.2) is 5.78 Å². The molecule has 74 valence electrons. The topological polar surface area (TPSA) is 46.2 Å². The molecule has 0 spiro atoms. The summed E-state index contributed by atoms with van der Waals surface area (Å²) in [5.41, 5.74) is -0.353. The largest absolute Gasteiger partial charge is 0.345 e. The second-order valence-electron chi connectivity index (χ2n) is 3.58. The molecule has 0 fully saturated rings. The van der Waals surface area contributed by atoms with Crippen molar-refractivity contribution in [3.8, 4) is 0 Å². The standard InChI is InChI=1S/C10H17NO2/c1-5-9(13)11-7-8(12)10(3,4)6-2/h5H,1,6-7H2,2-4H3,(H,11,13). The quantitative estimate of drug-likeness (QED) is 0.653. The SMILES string of the molecule is C=CC(=O)NCC(=O)C(C)(C)CC. The Bertz CT molecular complexity index is 219. The summed E-state index contributed by atoms with van der Waals surface area (Å²) in [6.45, 7) is 9.08. The lowest BCUT2D eigenvalue weighted by Gasteiger charge is -2.20. The van der Waals surface area contributed by atoms with Gasteiger partial charge in [0.2, 0.25) is 5.91 Å². The Morgan fingerprint density at radius 1 is 1.46 bits per heavy atom. The van der Waals surface area contributed by atoms with E-state index in [0.29, 0.717) is 0 Å². The van der Waals surface area contributed by atoms with E-state index in [1.54, 1.807) is 0 Å². The van der Waals surface area contributed by atoms with E-state index < -0.39 is 0 Å². The third-order valence-electron chi connectivity index (χ3n) is 2.25. The second-order valence-corrected chi connectivity index (χ2v) is 3.58. The van der Waals surface area contributed by atoms with Crippen LogP contribution in [0.2, 0.25) is 0 Å². The number of nitrogens with one attached hydrogen (secondary N) is 1. The number of carbonyl (C=O) groups excluding carboxylic acids is 2. The Morgan fingerprint density at radius 3 is 2.38 bits per heavy atom. The van der Waals surface area contributed by atoms with Crippen molar-refractivity contribution in [1.82, 2.24) is 5.32 Å². The summed E-state index contributed by atoms with van der Waals surface area (Å²) in [5.74, 6) is -0.259. The number of carbonyl (C=O) groups is 2. The molecule has 1 N–H and O–H groups in total. The molecule has 0 radical (unpaired) electrons. The van der Waals surface area contributed by atoms with Crippen molar-refractivity contribution in [2.24, 2.45) is 5.41 Å². The first-order chi connectivity index (χ1) is 5.94. The molecule has 0 aromatic heterocycles. The van der Waals surface area contributed by atoms with Crippen LogP contribution < -0.4 is 5.32 Å². The second kappa shape index (κ2) is 4.80. The fraction of sp³-hybridized carbons (Fsp3) is 0.600. The third kappa shape index (κ3) is 3.87. The Hall–Kier alpha value is -1.12. The number of ketones is 1. The first-order valence-electron chi connectivity index (χ1n) is 4.37. The average Bonchev–Trinajstić information content (AvgIpc) is 2.13. The highest BCUT2D eigenvalue weighted by molar-refractivity contribution is 5.93. The highest BCUT2D eigenvalue weighted by Crippen LogP contribution is 2.20. The van der Waals surface area contributed by atoms with Crippen molar-refractivity contribution >= 4 is 11.7 Å². The zero-order valence-electron chi connectivity index (χ0n) is 8.52. The lowest BCUT2D eigenvalue weighted by atomic mass is 9.85. The normalized spacial score (nSPS) is 10.7. The number of hydrogen-bond acceptors (Lipinski definition) is 2. The Morgan fingerprint density at radius 2 is 2.00 bits per heavy atom. The fourth-order valence-corrected chi connectivity index (χ4v) is 0.676. The smallest absolute Gasteiger partial charge is 0.243 e. The van der Waals surface area contributed by atoms with Crippen molar-refractivity contribution in [2.75, 3.05) is 6.54 Å². The van der Waals surface area contributed by atoms with E-state index in [4.69, 9.17) is 0 Å². The zero-order valence-corrected chi connectivity index (χ0v) is 8.52. The van der Waals surface area contributed by atoms with Crippen LogP contribution in [0, 0.1) is 5.41 Å². The van der Waals surface area contributed by atoms with Crippen LogP contribution in [-0.2, 0) is 9.59 Å². The number of hydrogen-bond donors (Lipinski definition) is 1. The van der Waals surface area contributed by atoms with Gasteiger partial charge in [-0.1, -0.05) is 27.4 Å². The van der Waals surface area contributed by atoms with Crippen molar-refractivity contribution in [1.29, 1.82) is 0 Å². The van der Waals surface area contributed by atoms with E-state index in [9.17, 15) is 9.59 Å². The van der Waals surface area contributed by atoms with Gasteiger partial charge < -0.3 is 5.32 Å². The summed E-state index contributed by atoms with van der Waals surface area (Å²) < 4.78 is 0. The zero-order chi connectivity index (χ0) is 10.5. The van der Waals surface area contributed by atoms with E-state index in [1.165, 1.54) is 0 Å². The minimum absolute atomic E-state index is 0.0465. The molecule has 0 aliphatic carbocycles. The van der Waals surface area contributed by atoms with Crippen molar-refractivity contribution in [2.45, 2.75) is 27.2 Å². The van der Waals surface area contributed by atoms with E-state index in [0.717, 1.165) is 12.5 Å². The van der Waals surface area contributed by atoms with Gasteiger partial charge in [0.05, 0.1) is 6.54 Å². The lowest BCUT2D eigenvalue weighted by Crippen LogP contribution is -2.35. The van der Waals surface area contributed by atoms with E-state index in [2.05, 4.69) is 11.9 Å². The molecule has 0 atom stereocenters. The molecule has 0 saturated heterocycles. The summed E-state index contributed by atoms with van der Waals surface area (Å²) >= 11 is 0. The summed E-state index contributed by atoms with van der Waals surface area (Å²) in [7, 11) is 0. The number of Topliss-reactive ketones (excluding diaryl/α,β-unsaturated/α-hetero) is 1. The third-order valence-corrected chi connectivity index (χ3v) is 2.25. The molecule has 0 heterocycles. The van der Waals surface area contributed by atoms with Gasteiger partial charge in [-0.3, -0.25) is 9.59 Å². The molecule has 0 saturated carbocycles. The van der Waals surface area contributed by atoms with Crippen LogP contribution in [0.3, 0.4) is 0 Å². The molecule has 0 rings (SSSR count). The lowest BCUT2D eigenvalue weighted by molar-refractivity contribution is -0.128. The van der Waals surface area contributed by atoms with Crippen LogP contribution >= 0.6 is 0 Å². The van der Waals surface area contributed by atoms with Crippen LogP contribution in [0.1, 0.15) is 27.2 Å². The van der Waals surface area contributed by atoms with Crippen LogP contribution in [0.5, 0.6) is 0 Å². The maximum Gasteiger partial charge on any atom is 0.243 e. The van der Waals surface area contributed by atoms with Gasteiger partial charge in [-0.15, -0.1) is 0 Å². The van der Waals surface area contributed by atoms with E-state index in [-0.39, 0.29) is 23.7 Å². The summed E-state index contributed by atoms with van der Waals surface area (Å²) in [6.07, 6.45) is 1.93. The molecular formula is C10H17NO2. The van der Waals surface area contributed by atoms with Gasteiger partial charge in [-0.25, -0.2) is 0 Å². The van der Waals surface area contributed by atoms with Gasteiger partial charge in [0.1, 0.15) is 0 Å². The summed E-state index contributed by atoms with van der Waals surface area (Å²) in [5, 5.41) is 2.47. The van der Waals surface area contributed by atoms with Crippen LogP contribution in [0.4, 0.5) is 0 Å². The maximum absolute atomic E-state index is 11.5. The predicted octanol–water partition coefficient (Wildman–Crippen LogP) is 1.29. The van der Waals surface area contributed by atoms with Crippen LogP contribution in [0.25, 0.3) is 0 Å². The molecule has 0 aromatic rings. The molecule has 1 amide bonds. The summed E-state index contributed by atoms with van der Waals surface area (Å²) in [6, 6.07) is 0. The molecule has 0 unspecified atom stereocenters. The van der Waals surface area contributed by atoms with Crippen molar-refractivity contribution in [3.05, 3.63) is 12.7 Å². The average molecular weight is 183 g/mol. The minimum atomic E-state index is -0.353. The molecule has 0 bridgehead atoms. The van der Waals surface area contributed by atoms with Crippen molar-refractivity contribution < 1.29 is 9.59 Å². The molecule has 13 heavy (non-hydrogen) atoms. The summed E-state index contributed by atoms with van der Waals surface area (Å²) in [4.78, 5) is 22.2. The Balaban J connectivity index is 4.02. The Kier molecular flexibility index (Phi) is 4.38. The first kappa shape index (κ1) is 11.9. The predicted molar refractivity (Wildman–Crippen MR) is 52.3 cm³/mol. The van der Waals surface area contributed by atoms with Crippen molar-refractivity contribution in [3.63, 3.8) is 0 Å². The number of rotatable bonds is 5. The monoisotopic (exact) mass is 183 g/mol. The maximum atomic E-state index is 11.5. The highest BCUT2D eigenvalue weighted by Gasteiger charge is 2.24. The van der Waals surface area contributed by atoms with Gasteiger partial charge >= 0.3 is 0 Å². The molecule has 3 nitrogen and oxygen atoms in total. The first-order valence-corrected chi connectivity index (χ1v) is 4.37. The van der Waals surface area contributed by atoms with E-state index in [1.807, 2.05) is 20.8 Å². The molecule has 0 aromatic carbocycles. The molecular weight excluding hydrogens is 166 g/mol. The van der Waals surface area contributed by atoms with Gasteiger partial charge in [0.25, 0.3) is 0 Å². The van der Waals surface area contributed by atoms with Gasteiger partial charge in [0, 0.05) is 5.41 Å².